The number of aromatic hydroxyl groups is 1. The Balaban J connectivity index is 1.42. The Hall–Kier alpha value is -2.81. The van der Waals surface area contributed by atoms with Gasteiger partial charge < -0.3 is 15.3 Å². The van der Waals surface area contributed by atoms with E-state index in [1.165, 1.54) is 10.7 Å². The lowest BCUT2D eigenvalue weighted by Crippen LogP contribution is -2.55. The third-order valence-electron chi connectivity index (χ3n) is 5.73. The molecule has 140 valence electrons. The second-order valence-electron chi connectivity index (χ2n) is 7.27. The SMILES string of the molecule is CN(c1cnc(-c2cnn3ccnc3c2O)cn1)[C@@H]1CC2CC[C@H](N2)[C@@H]1F. The molecule has 0 aliphatic carbocycles. The van der Waals surface area contributed by atoms with Gasteiger partial charge in [-0.25, -0.2) is 18.9 Å². The van der Waals surface area contributed by atoms with Crippen molar-refractivity contribution in [3.05, 3.63) is 31.0 Å². The minimum atomic E-state index is -0.925. The molecule has 2 aliphatic heterocycles. The summed E-state index contributed by atoms with van der Waals surface area (Å²) in [6.45, 7) is 0. The van der Waals surface area contributed by atoms with Gasteiger partial charge in [-0.3, -0.25) is 4.98 Å². The Kier molecular flexibility index (Phi) is 3.71. The van der Waals surface area contributed by atoms with Crippen LogP contribution in [-0.4, -0.2) is 61.0 Å². The van der Waals surface area contributed by atoms with Gasteiger partial charge in [0, 0.05) is 31.5 Å². The smallest absolute Gasteiger partial charge is 0.196 e. The fourth-order valence-corrected chi connectivity index (χ4v) is 4.21. The largest absolute Gasteiger partial charge is 0.504 e. The summed E-state index contributed by atoms with van der Waals surface area (Å²) in [5, 5.41) is 18.0. The number of imidazole rings is 1. The fourth-order valence-electron chi connectivity index (χ4n) is 4.21. The highest BCUT2D eigenvalue weighted by Crippen LogP contribution is 2.34. The van der Waals surface area contributed by atoms with E-state index in [9.17, 15) is 9.50 Å². The average Bonchev–Trinajstić information content (AvgIpc) is 3.33. The first-order chi connectivity index (χ1) is 13.1. The van der Waals surface area contributed by atoms with E-state index in [0.29, 0.717) is 28.8 Å². The number of aromatic nitrogens is 5. The number of alkyl halides is 1. The lowest BCUT2D eigenvalue weighted by Gasteiger charge is -2.38. The molecule has 8 nitrogen and oxygen atoms in total. The minimum absolute atomic E-state index is 0.00385. The fraction of sp³-hybridized carbons (Fsp3) is 0.444. The van der Waals surface area contributed by atoms with Gasteiger partial charge >= 0.3 is 0 Å². The molecule has 0 amide bonds. The van der Waals surface area contributed by atoms with Gasteiger partial charge in [-0.15, -0.1) is 0 Å². The molecule has 3 aromatic rings. The van der Waals surface area contributed by atoms with Crippen molar-refractivity contribution in [2.24, 2.45) is 0 Å². The van der Waals surface area contributed by atoms with E-state index in [2.05, 4.69) is 25.4 Å². The number of hydrogen-bond acceptors (Lipinski definition) is 7. The van der Waals surface area contributed by atoms with Crippen LogP contribution in [0, 0.1) is 0 Å². The van der Waals surface area contributed by atoms with Crippen molar-refractivity contribution < 1.29 is 9.50 Å². The lowest BCUT2D eigenvalue weighted by atomic mass is 9.96. The molecule has 5 rings (SSSR count). The Labute approximate surface area is 155 Å². The molecule has 0 radical (unpaired) electrons. The third kappa shape index (κ3) is 2.61. The van der Waals surface area contributed by atoms with Crippen LogP contribution in [0.1, 0.15) is 19.3 Å². The summed E-state index contributed by atoms with van der Waals surface area (Å²) in [5.74, 6) is 0.617. The Morgan fingerprint density at radius 2 is 2.11 bits per heavy atom. The van der Waals surface area contributed by atoms with Crippen LogP contribution in [-0.2, 0) is 0 Å². The van der Waals surface area contributed by atoms with Gasteiger partial charge in [-0.2, -0.15) is 5.10 Å². The number of piperidine rings is 1. The van der Waals surface area contributed by atoms with E-state index in [0.717, 1.165) is 19.3 Å². The van der Waals surface area contributed by atoms with Gasteiger partial charge in [0.1, 0.15) is 12.0 Å². The molecule has 5 heterocycles. The zero-order valence-electron chi connectivity index (χ0n) is 14.8. The highest BCUT2D eigenvalue weighted by atomic mass is 19.1. The summed E-state index contributed by atoms with van der Waals surface area (Å²) in [5.41, 5.74) is 1.31. The summed E-state index contributed by atoms with van der Waals surface area (Å²) in [7, 11) is 1.86. The number of hydrogen-bond donors (Lipinski definition) is 2. The normalized spacial score (nSPS) is 27.2. The third-order valence-corrected chi connectivity index (χ3v) is 5.73. The standard InChI is InChI=1S/C18H20FN7O/c1-25(14-6-10-2-3-12(24-10)16(14)19)15-9-21-13(8-22-15)11-7-23-26-5-4-20-18(26)17(11)27/h4-5,7-10,12,14,16,24,27H,2-3,6H2,1H3/t10?,12-,14+,16-/m0/s1. The molecule has 2 aliphatic rings. The van der Waals surface area contributed by atoms with Gasteiger partial charge in [0.05, 0.1) is 35.9 Å². The maximum absolute atomic E-state index is 14.8. The molecular weight excluding hydrogens is 349 g/mol. The van der Waals surface area contributed by atoms with Crippen LogP contribution < -0.4 is 10.2 Å². The monoisotopic (exact) mass is 369 g/mol. The molecule has 3 aromatic heterocycles. The molecule has 0 aromatic carbocycles. The van der Waals surface area contributed by atoms with Crippen molar-refractivity contribution in [1.82, 2.24) is 29.9 Å². The van der Waals surface area contributed by atoms with E-state index in [4.69, 9.17) is 0 Å². The number of nitrogens with zero attached hydrogens (tertiary/aromatic N) is 6. The maximum Gasteiger partial charge on any atom is 0.196 e. The summed E-state index contributed by atoms with van der Waals surface area (Å²) >= 11 is 0. The second kappa shape index (κ2) is 6.12. The Morgan fingerprint density at radius 1 is 1.22 bits per heavy atom. The highest BCUT2D eigenvalue weighted by molar-refractivity contribution is 5.73. The molecule has 27 heavy (non-hydrogen) atoms. The van der Waals surface area contributed by atoms with Gasteiger partial charge in [-0.1, -0.05) is 0 Å². The molecule has 9 heteroatoms. The first-order valence-electron chi connectivity index (χ1n) is 9.08. The topological polar surface area (TPSA) is 91.5 Å². The number of anilines is 1. The Bertz CT molecular complexity index is 976. The summed E-state index contributed by atoms with van der Waals surface area (Å²) in [6, 6.07) is 0.110. The van der Waals surface area contributed by atoms with Crippen molar-refractivity contribution in [2.75, 3.05) is 11.9 Å². The predicted octanol–water partition coefficient (Wildman–Crippen LogP) is 1.56. The second-order valence-corrected chi connectivity index (χ2v) is 7.27. The Morgan fingerprint density at radius 3 is 2.93 bits per heavy atom. The first-order valence-corrected chi connectivity index (χ1v) is 9.08. The number of rotatable bonds is 3. The molecule has 2 N–H and O–H groups in total. The zero-order valence-corrected chi connectivity index (χ0v) is 14.8. The van der Waals surface area contributed by atoms with E-state index in [-0.39, 0.29) is 17.8 Å². The van der Waals surface area contributed by atoms with Gasteiger partial charge in [-0.05, 0) is 19.3 Å². The highest BCUT2D eigenvalue weighted by Gasteiger charge is 2.43. The molecule has 2 saturated heterocycles. The minimum Gasteiger partial charge on any atom is -0.504 e. The number of nitrogens with one attached hydrogen (secondary N) is 1. The van der Waals surface area contributed by atoms with Gasteiger partial charge in [0.2, 0.25) is 0 Å². The molecule has 4 atom stereocenters. The zero-order chi connectivity index (χ0) is 18.5. The van der Waals surface area contributed by atoms with Crippen molar-refractivity contribution in [1.29, 1.82) is 0 Å². The van der Waals surface area contributed by atoms with Crippen LogP contribution in [0.2, 0.25) is 0 Å². The average molecular weight is 369 g/mol. The van der Waals surface area contributed by atoms with Crippen LogP contribution in [0.25, 0.3) is 16.9 Å². The summed E-state index contributed by atoms with van der Waals surface area (Å²) in [4.78, 5) is 14.8. The number of halogens is 1. The van der Waals surface area contributed by atoms with E-state index in [1.54, 1.807) is 24.8 Å². The van der Waals surface area contributed by atoms with Crippen LogP contribution in [0.4, 0.5) is 10.2 Å². The van der Waals surface area contributed by atoms with Gasteiger partial charge in [0.15, 0.2) is 11.4 Å². The molecule has 1 unspecified atom stereocenters. The van der Waals surface area contributed by atoms with Crippen molar-refractivity contribution >= 4 is 11.5 Å². The molecule has 0 spiro atoms. The van der Waals surface area contributed by atoms with E-state index in [1.807, 2.05) is 11.9 Å². The van der Waals surface area contributed by atoms with Crippen molar-refractivity contribution in [3.8, 4) is 17.0 Å². The summed E-state index contributed by atoms with van der Waals surface area (Å²) < 4.78 is 16.3. The van der Waals surface area contributed by atoms with Crippen LogP contribution in [0.5, 0.6) is 5.75 Å². The van der Waals surface area contributed by atoms with Crippen molar-refractivity contribution in [2.45, 2.75) is 43.6 Å². The van der Waals surface area contributed by atoms with E-state index < -0.39 is 6.17 Å². The maximum atomic E-state index is 14.8. The quantitative estimate of drug-likeness (QED) is 0.724. The summed E-state index contributed by atoms with van der Waals surface area (Å²) in [6.07, 6.45) is 9.69. The van der Waals surface area contributed by atoms with E-state index >= 15 is 0 Å². The van der Waals surface area contributed by atoms with Crippen LogP contribution >= 0.6 is 0 Å². The van der Waals surface area contributed by atoms with Crippen LogP contribution in [0.3, 0.4) is 0 Å². The number of fused-ring (bicyclic) bond motifs is 3. The molecule has 0 saturated carbocycles. The van der Waals surface area contributed by atoms with Crippen LogP contribution in [0.15, 0.2) is 31.0 Å². The van der Waals surface area contributed by atoms with Crippen molar-refractivity contribution in [3.63, 3.8) is 0 Å². The molecule has 2 fully saturated rings. The molecule has 2 bridgehead atoms. The lowest BCUT2D eigenvalue weighted by molar-refractivity contribution is 0.176. The van der Waals surface area contributed by atoms with Gasteiger partial charge in [0.25, 0.3) is 0 Å². The molecular formula is C18H20FN7O. The first kappa shape index (κ1) is 16.4. The predicted molar refractivity (Wildman–Crippen MR) is 97.3 cm³/mol.